The summed E-state index contributed by atoms with van der Waals surface area (Å²) in [7, 11) is 0. The zero-order chi connectivity index (χ0) is 14.5. The van der Waals surface area contributed by atoms with Crippen LogP contribution in [0.1, 0.15) is 37.3 Å². The van der Waals surface area contributed by atoms with E-state index in [1.165, 1.54) is 22.3 Å². The van der Waals surface area contributed by atoms with Gasteiger partial charge < -0.3 is 5.11 Å². The largest absolute Gasteiger partial charge is 0.481 e. The number of benzene rings is 1. The zero-order valence-corrected chi connectivity index (χ0v) is 11.9. The lowest BCUT2D eigenvalue weighted by Gasteiger charge is -2.11. The maximum Gasteiger partial charge on any atom is 0.307 e. The summed E-state index contributed by atoms with van der Waals surface area (Å²) in [6, 6.07) is 8.44. The lowest BCUT2D eigenvalue weighted by Crippen LogP contribution is -1.96. The Kier molecular flexibility index (Phi) is 4.57. The third kappa shape index (κ3) is 3.27. The number of allylic oxidation sites excluding steroid dienone is 4. The van der Waals surface area contributed by atoms with Crippen molar-refractivity contribution in [3.63, 3.8) is 0 Å². The average Bonchev–Trinajstić information content (AvgIpc) is 2.56. The molecule has 1 N–H and O–H groups in total. The molecule has 0 saturated carbocycles. The quantitative estimate of drug-likeness (QED) is 0.826. The second-order valence-corrected chi connectivity index (χ2v) is 5.11. The lowest BCUT2D eigenvalue weighted by atomic mass is 9.93. The summed E-state index contributed by atoms with van der Waals surface area (Å²) >= 11 is 0. The zero-order valence-electron chi connectivity index (χ0n) is 11.9. The van der Waals surface area contributed by atoms with Gasteiger partial charge in [0.05, 0.1) is 6.42 Å². The summed E-state index contributed by atoms with van der Waals surface area (Å²) in [6.45, 7) is 5.89. The van der Waals surface area contributed by atoms with Crippen LogP contribution in [0.4, 0.5) is 0 Å². The maximum absolute atomic E-state index is 10.8. The Morgan fingerprint density at radius 3 is 2.80 bits per heavy atom. The molecule has 1 aliphatic rings. The van der Waals surface area contributed by atoms with Gasteiger partial charge in [-0.1, -0.05) is 43.0 Å². The molecule has 0 aliphatic heterocycles. The van der Waals surface area contributed by atoms with Crippen LogP contribution < -0.4 is 0 Å². The SMILES string of the molecule is C=C(/C=C1/CCCc2ccccc2/C1=C/C)CC(=O)O. The van der Waals surface area contributed by atoms with Gasteiger partial charge in [-0.15, -0.1) is 0 Å². The van der Waals surface area contributed by atoms with E-state index in [1.54, 1.807) is 0 Å². The summed E-state index contributed by atoms with van der Waals surface area (Å²) in [6.07, 6.45) is 7.18. The summed E-state index contributed by atoms with van der Waals surface area (Å²) in [5, 5.41) is 8.85. The van der Waals surface area contributed by atoms with Crippen molar-refractivity contribution in [2.24, 2.45) is 0 Å². The molecule has 2 rings (SSSR count). The van der Waals surface area contributed by atoms with E-state index in [9.17, 15) is 4.79 Å². The number of aliphatic carboxylic acids is 1. The Bertz CT molecular complexity index is 591. The van der Waals surface area contributed by atoms with Gasteiger partial charge in [0.25, 0.3) is 0 Å². The van der Waals surface area contributed by atoms with Crippen molar-refractivity contribution in [3.8, 4) is 0 Å². The highest BCUT2D eigenvalue weighted by Gasteiger charge is 2.16. The van der Waals surface area contributed by atoms with Gasteiger partial charge in [0.2, 0.25) is 0 Å². The molecule has 20 heavy (non-hydrogen) atoms. The first-order valence-corrected chi connectivity index (χ1v) is 6.97. The molecule has 0 bridgehead atoms. The van der Waals surface area contributed by atoms with Gasteiger partial charge in [-0.25, -0.2) is 0 Å². The highest BCUT2D eigenvalue weighted by molar-refractivity contribution is 5.82. The Morgan fingerprint density at radius 1 is 1.35 bits per heavy atom. The number of aryl methyl sites for hydroxylation is 1. The monoisotopic (exact) mass is 268 g/mol. The fourth-order valence-corrected chi connectivity index (χ4v) is 2.76. The van der Waals surface area contributed by atoms with Crippen LogP contribution in [0.5, 0.6) is 0 Å². The van der Waals surface area contributed by atoms with E-state index in [0.717, 1.165) is 19.3 Å². The minimum atomic E-state index is -0.831. The molecule has 0 spiro atoms. The van der Waals surface area contributed by atoms with Crippen molar-refractivity contribution in [1.82, 2.24) is 0 Å². The molecule has 0 amide bonds. The van der Waals surface area contributed by atoms with Crippen molar-refractivity contribution in [1.29, 1.82) is 0 Å². The van der Waals surface area contributed by atoms with Crippen LogP contribution >= 0.6 is 0 Å². The first-order chi connectivity index (χ1) is 9.61. The highest BCUT2D eigenvalue weighted by Crippen LogP contribution is 2.34. The second-order valence-electron chi connectivity index (χ2n) is 5.11. The normalized spacial score (nSPS) is 18.6. The van der Waals surface area contributed by atoms with Crippen LogP contribution in [0.25, 0.3) is 5.57 Å². The predicted octanol–water partition coefficient (Wildman–Crippen LogP) is 4.38. The van der Waals surface area contributed by atoms with Crippen molar-refractivity contribution >= 4 is 11.5 Å². The molecule has 0 fully saturated rings. The lowest BCUT2D eigenvalue weighted by molar-refractivity contribution is -0.136. The number of carboxylic acids is 1. The Morgan fingerprint density at radius 2 is 2.10 bits per heavy atom. The molecule has 0 heterocycles. The van der Waals surface area contributed by atoms with E-state index < -0.39 is 5.97 Å². The Hall–Kier alpha value is -2.09. The maximum atomic E-state index is 10.8. The molecule has 1 aliphatic carbocycles. The smallest absolute Gasteiger partial charge is 0.307 e. The molecule has 0 atom stereocenters. The third-order valence-corrected chi connectivity index (χ3v) is 3.59. The van der Waals surface area contributed by atoms with Crippen LogP contribution in [0.2, 0.25) is 0 Å². The van der Waals surface area contributed by atoms with E-state index in [-0.39, 0.29) is 6.42 Å². The van der Waals surface area contributed by atoms with Crippen LogP contribution in [-0.4, -0.2) is 11.1 Å². The molecule has 0 saturated heterocycles. The average molecular weight is 268 g/mol. The number of carboxylic acid groups (broad SMARTS) is 1. The van der Waals surface area contributed by atoms with Gasteiger partial charge in [-0.2, -0.15) is 0 Å². The van der Waals surface area contributed by atoms with Crippen molar-refractivity contribution in [2.75, 3.05) is 0 Å². The van der Waals surface area contributed by atoms with Gasteiger partial charge in [0, 0.05) is 0 Å². The summed E-state index contributed by atoms with van der Waals surface area (Å²) in [4.78, 5) is 10.8. The van der Waals surface area contributed by atoms with Gasteiger partial charge in [0.15, 0.2) is 0 Å². The summed E-state index contributed by atoms with van der Waals surface area (Å²) in [5.74, 6) is -0.831. The number of hydrogen-bond donors (Lipinski definition) is 1. The van der Waals surface area contributed by atoms with E-state index in [4.69, 9.17) is 5.11 Å². The fraction of sp³-hybridized carbons (Fsp3) is 0.278. The van der Waals surface area contributed by atoms with Crippen molar-refractivity contribution in [2.45, 2.75) is 32.6 Å². The highest BCUT2D eigenvalue weighted by atomic mass is 16.4. The van der Waals surface area contributed by atoms with E-state index in [2.05, 4.69) is 36.9 Å². The fourth-order valence-electron chi connectivity index (χ4n) is 2.76. The van der Waals surface area contributed by atoms with Crippen LogP contribution in [0.3, 0.4) is 0 Å². The van der Waals surface area contributed by atoms with Crippen molar-refractivity contribution in [3.05, 3.63) is 65.3 Å². The minimum absolute atomic E-state index is 0.00212. The molecule has 1 aromatic carbocycles. The molecular formula is C18H20O2. The molecule has 1 aromatic rings. The first kappa shape index (κ1) is 14.3. The van der Waals surface area contributed by atoms with Crippen LogP contribution in [0.15, 0.2) is 54.1 Å². The molecule has 2 heteroatoms. The molecule has 104 valence electrons. The van der Waals surface area contributed by atoms with E-state index >= 15 is 0 Å². The minimum Gasteiger partial charge on any atom is -0.481 e. The Balaban J connectivity index is 2.38. The third-order valence-electron chi connectivity index (χ3n) is 3.59. The molecule has 0 aromatic heterocycles. The molecule has 2 nitrogen and oxygen atoms in total. The molecule has 0 unspecified atom stereocenters. The predicted molar refractivity (Wildman–Crippen MR) is 82.5 cm³/mol. The first-order valence-electron chi connectivity index (χ1n) is 6.97. The summed E-state index contributed by atoms with van der Waals surface area (Å²) < 4.78 is 0. The number of carbonyl (C=O) groups is 1. The van der Waals surface area contributed by atoms with E-state index in [1.807, 2.05) is 13.0 Å². The second kappa shape index (κ2) is 6.38. The van der Waals surface area contributed by atoms with Gasteiger partial charge in [0.1, 0.15) is 0 Å². The summed E-state index contributed by atoms with van der Waals surface area (Å²) in [5.41, 5.74) is 5.70. The molecular weight excluding hydrogens is 248 g/mol. The topological polar surface area (TPSA) is 37.3 Å². The van der Waals surface area contributed by atoms with Crippen LogP contribution in [0, 0.1) is 0 Å². The number of rotatable bonds is 3. The molecule has 0 radical (unpaired) electrons. The van der Waals surface area contributed by atoms with E-state index in [0.29, 0.717) is 5.57 Å². The van der Waals surface area contributed by atoms with Crippen LogP contribution in [-0.2, 0) is 11.2 Å². The van der Waals surface area contributed by atoms with Gasteiger partial charge in [-0.3, -0.25) is 4.79 Å². The number of hydrogen-bond acceptors (Lipinski definition) is 1. The number of fused-ring (bicyclic) bond motifs is 1. The standard InChI is InChI=1S/C18H20O2/c1-3-16-15(11-13(2)12-18(19)20)9-6-8-14-7-4-5-10-17(14)16/h3-5,7,10-11H,2,6,8-9,12H2,1H3,(H,19,20)/b15-11-,16-3+. The van der Waals surface area contributed by atoms with Gasteiger partial charge >= 0.3 is 5.97 Å². The Labute approximate surface area is 120 Å². The van der Waals surface area contributed by atoms with Crippen molar-refractivity contribution < 1.29 is 9.90 Å². The van der Waals surface area contributed by atoms with Gasteiger partial charge in [-0.05, 0) is 54.0 Å².